The molecule has 0 atom stereocenters. The lowest BCUT2D eigenvalue weighted by atomic mass is 10.3. The van der Waals surface area contributed by atoms with Crippen molar-refractivity contribution in [1.82, 2.24) is 4.98 Å². The molecule has 1 aromatic heterocycles. The maximum Gasteiger partial charge on any atom is 0.280 e. The van der Waals surface area contributed by atoms with Crippen LogP contribution in [0.4, 0.5) is 13.2 Å². The number of nitrogens with zero attached hydrogens (tertiary/aromatic N) is 1. The van der Waals surface area contributed by atoms with E-state index in [4.69, 9.17) is 0 Å². The van der Waals surface area contributed by atoms with Crippen molar-refractivity contribution < 1.29 is 17.9 Å². The van der Waals surface area contributed by atoms with Crippen molar-refractivity contribution in [3.8, 4) is 5.88 Å². The molecule has 0 aliphatic rings. The predicted molar refractivity (Wildman–Crippen MR) is 43.4 cm³/mol. The standard InChI is InChI=1S/C7H5BrF3NO/c1-13-7-5(9)3(8)2-4(12-7)6(10)11/h2,6H,1H3. The van der Waals surface area contributed by atoms with Gasteiger partial charge in [0.1, 0.15) is 5.69 Å². The molecule has 0 aliphatic carbocycles. The fourth-order valence-electron chi connectivity index (χ4n) is 0.741. The zero-order chi connectivity index (χ0) is 10.0. The monoisotopic (exact) mass is 255 g/mol. The number of methoxy groups -OCH3 is 1. The molecule has 0 saturated heterocycles. The Morgan fingerprint density at radius 3 is 2.62 bits per heavy atom. The van der Waals surface area contributed by atoms with E-state index in [-0.39, 0.29) is 4.47 Å². The first-order valence-electron chi connectivity index (χ1n) is 3.24. The third-order valence-corrected chi connectivity index (χ3v) is 1.90. The van der Waals surface area contributed by atoms with Gasteiger partial charge in [-0.15, -0.1) is 0 Å². The average molecular weight is 256 g/mol. The van der Waals surface area contributed by atoms with Gasteiger partial charge >= 0.3 is 0 Å². The summed E-state index contributed by atoms with van der Waals surface area (Å²) >= 11 is 2.78. The second-order valence-corrected chi connectivity index (χ2v) is 3.01. The minimum absolute atomic E-state index is 0.0883. The molecule has 1 aromatic rings. The Kier molecular flexibility index (Phi) is 3.13. The van der Waals surface area contributed by atoms with E-state index >= 15 is 0 Å². The molecule has 0 spiro atoms. The van der Waals surface area contributed by atoms with Crippen molar-refractivity contribution in [3.63, 3.8) is 0 Å². The Hall–Kier alpha value is -0.780. The van der Waals surface area contributed by atoms with Crippen LogP contribution in [0.2, 0.25) is 0 Å². The van der Waals surface area contributed by atoms with E-state index in [0.29, 0.717) is 0 Å². The van der Waals surface area contributed by atoms with Gasteiger partial charge in [-0.05, 0) is 22.0 Å². The SMILES string of the molecule is COc1nc(C(F)F)cc(Br)c1F. The van der Waals surface area contributed by atoms with E-state index in [9.17, 15) is 13.2 Å². The Morgan fingerprint density at radius 1 is 1.54 bits per heavy atom. The molecule has 2 nitrogen and oxygen atoms in total. The van der Waals surface area contributed by atoms with Crippen LogP contribution in [0.5, 0.6) is 5.88 Å². The van der Waals surface area contributed by atoms with Crippen molar-refractivity contribution in [2.24, 2.45) is 0 Å². The van der Waals surface area contributed by atoms with Crippen LogP contribution in [0.1, 0.15) is 12.1 Å². The van der Waals surface area contributed by atoms with Crippen LogP contribution in [0.3, 0.4) is 0 Å². The largest absolute Gasteiger partial charge is 0.479 e. The van der Waals surface area contributed by atoms with Crippen LogP contribution in [-0.4, -0.2) is 12.1 Å². The number of alkyl halides is 2. The van der Waals surface area contributed by atoms with Crippen molar-refractivity contribution in [3.05, 3.63) is 22.1 Å². The number of pyridine rings is 1. The smallest absolute Gasteiger partial charge is 0.280 e. The number of aromatic nitrogens is 1. The number of hydrogen-bond acceptors (Lipinski definition) is 2. The van der Waals surface area contributed by atoms with Crippen molar-refractivity contribution in [1.29, 1.82) is 0 Å². The summed E-state index contributed by atoms with van der Waals surface area (Å²) in [7, 11) is 1.16. The highest BCUT2D eigenvalue weighted by Gasteiger charge is 2.16. The third kappa shape index (κ3) is 2.12. The fraction of sp³-hybridized carbons (Fsp3) is 0.286. The maximum absolute atomic E-state index is 13.0. The Morgan fingerprint density at radius 2 is 2.15 bits per heavy atom. The molecule has 0 N–H and O–H groups in total. The molecule has 72 valence electrons. The molecule has 0 saturated carbocycles. The van der Waals surface area contributed by atoms with Crippen LogP contribution < -0.4 is 4.74 Å². The lowest BCUT2D eigenvalue weighted by molar-refractivity contribution is 0.144. The van der Waals surface area contributed by atoms with Gasteiger partial charge in [0.2, 0.25) is 0 Å². The molecular weight excluding hydrogens is 251 g/mol. The summed E-state index contributed by atoms with van der Waals surface area (Å²) in [5.74, 6) is -1.23. The Bertz CT molecular complexity index is 319. The van der Waals surface area contributed by atoms with Crippen LogP contribution >= 0.6 is 15.9 Å². The molecule has 1 rings (SSSR count). The molecule has 0 bridgehead atoms. The topological polar surface area (TPSA) is 22.1 Å². The van der Waals surface area contributed by atoms with Crippen molar-refractivity contribution in [2.75, 3.05) is 7.11 Å². The van der Waals surface area contributed by atoms with E-state index in [1.165, 1.54) is 0 Å². The molecule has 13 heavy (non-hydrogen) atoms. The lowest BCUT2D eigenvalue weighted by Crippen LogP contribution is -1.98. The fourth-order valence-corrected chi connectivity index (χ4v) is 1.15. The highest BCUT2D eigenvalue weighted by molar-refractivity contribution is 9.10. The van der Waals surface area contributed by atoms with Gasteiger partial charge in [-0.3, -0.25) is 0 Å². The summed E-state index contributed by atoms with van der Waals surface area (Å²) in [5.41, 5.74) is -0.523. The summed E-state index contributed by atoms with van der Waals surface area (Å²) in [6.45, 7) is 0. The highest BCUT2D eigenvalue weighted by atomic mass is 79.9. The third-order valence-electron chi connectivity index (χ3n) is 1.32. The molecular formula is C7H5BrF3NO. The zero-order valence-corrected chi connectivity index (χ0v) is 8.11. The first kappa shape index (κ1) is 10.3. The normalized spacial score (nSPS) is 10.6. The van der Waals surface area contributed by atoms with E-state index in [1.54, 1.807) is 0 Å². The summed E-state index contributed by atoms with van der Waals surface area (Å²) < 4.78 is 41.6. The molecule has 0 aliphatic heterocycles. The van der Waals surface area contributed by atoms with Gasteiger partial charge in [0, 0.05) is 0 Å². The Labute approximate surface area is 80.9 Å². The van der Waals surface area contributed by atoms with Crippen LogP contribution in [-0.2, 0) is 0 Å². The Balaban J connectivity index is 3.22. The minimum atomic E-state index is -2.74. The highest BCUT2D eigenvalue weighted by Crippen LogP contribution is 2.28. The molecule has 0 radical (unpaired) electrons. The van der Waals surface area contributed by atoms with Gasteiger partial charge in [0.25, 0.3) is 12.3 Å². The predicted octanol–water partition coefficient (Wildman–Crippen LogP) is 2.93. The maximum atomic E-state index is 13.0. The molecule has 1 heterocycles. The second kappa shape index (κ2) is 3.95. The van der Waals surface area contributed by atoms with Crippen LogP contribution in [0.15, 0.2) is 10.5 Å². The zero-order valence-electron chi connectivity index (χ0n) is 6.52. The van der Waals surface area contributed by atoms with E-state index in [0.717, 1.165) is 13.2 Å². The minimum Gasteiger partial charge on any atom is -0.479 e. The van der Waals surface area contributed by atoms with Gasteiger partial charge < -0.3 is 4.74 Å². The van der Waals surface area contributed by atoms with Gasteiger partial charge in [-0.2, -0.15) is 4.39 Å². The van der Waals surface area contributed by atoms with Gasteiger partial charge in [0.05, 0.1) is 11.6 Å². The molecule has 0 unspecified atom stereocenters. The van der Waals surface area contributed by atoms with Crippen molar-refractivity contribution >= 4 is 15.9 Å². The number of hydrogen-bond donors (Lipinski definition) is 0. The second-order valence-electron chi connectivity index (χ2n) is 2.15. The molecule has 6 heteroatoms. The number of rotatable bonds is 2. The lowest BCUT2D eigenvalue weighted by Gasteiger charge is -2.05. The molecule has 0 aromatic carbocycles. The first-order chi connectivity index (χ1) is 6.06. The van der Waals surface area contributed by atoms with Gasteiger partial charge in [-0.25, -0.2) is 13.8 Å². The first-order valence-corrected chi connectivity index (χ1v) is 4.03. The van der Waals surface area contributed by atoms with E-state index < -0.39 is 23.8 Å². The van der Waals surface area contributed by atoms with Crippen molar-refractivity contribution in [2.45, 2.75) is 6.43 Å². The van der Waals surface area contributed by atoms with E-state index in [1.807, 2.05) is 0 Å². The average Bonchev–Trinajstić information content (AvgIpc) is 2.09. The van der Waals surface area contributed by atoms with Gasteiger partial charge in [-0.1, -0.05) is 0 Å². The summed E-state index contributed by atoms with van der Waals surface area (Å²) in [5, 5.41) is 0. The van der Waals surface area contributed by atoms with E-state index in [2.05, 4.69) is 25.7 Å². The van der Waals surface area contributed by atoms with Crippen LogP contribution in [0, 0.1) is 5.82 Å². The number of ether oxygens (including phenoxy) is 1. The quantitative estimate of drug-likeness (QED) is 0.811. The summed E-state index contributed by atoms with van der Waals surface area (Å²) in [6, 6.07) is 0.919. The molecule has 0 fully saturated rings. The molecule has 0 amide bonds. The van der Waals surface area contributed by atoms with Gasteiger partial charge in [0.15, 0.2) is 5.82 Å². The summed E-state index contributed by atoms with van der Waals surface area (Å²) in [6.07, 6.45) is -2.74. The number of halogens is 4. The summed E-state index contributed by atoms with van der Waals surface area (Å²) in [4.78, 5) is 3.27. The van der Waals surface area contributed by atoms with Crippen LogP contribution in [0.25, 0.3) is 0 Å².